The minimum absolute atomic E-state index is 0.378. The van der Waals surface area contributed by atoms with Gasteiger partial charge in [-0.2, -0.15) is 0 Å². The normalized spacial score (nSPS) is 17.8. The Kier molecular flexibility index (Phi) is 4.59. The van der Waals surface area contributed by atoms with Crippen molar-refractivity contribution in [2.24, 2.45) is 5.92 Å². The van der Waals surface area contributed by atoms with Gasteiger partial charge in [0.05, 0.1) is 6.61 Å². The molecular weight excluding hydrogens is 182 g/mol. The van der Waals surface area contributed by atoms with Crippen LogP contribution in [0.3, 0.4) is 0 Å². The van der Waals surface area contributed by atoms with E-state index in [1.165, 1.54) is 6.92 Å². The Morgan fingerprint density at radius 3 is 2.57 bits per heavy atom. The first kappa shape index (κ1) is 11.2. The van der Waals surface area contributed by atoms with Crippen LogP contribution in [0.15, 0.2) is 0 Å². The first-order valence-electron chi connectivity index (χ1n) is 5.08. The van der Waals surface area contributed by atoms with Gasteiger partial charge in [-0.3, -0.25) is 4.79 Å². The smallest absolute Gasteiger partial charge is 0.374 e. The van der Waals surface area contributed by atoms with Crippen LogP contribution >= 0.6 is 0 Å². The second-order valence-corrected chi connectivity index (χ2v) is 3.67. The van der Waals surface area contributed by atoms with Gasteiger partial charge in [0.1, 0.15) is 0 Å². The van der Waals surface area contributed by atoms with Crippen molar-refractivity contribution < 1.29 is 14.3 Å². The summed E-state index contributed by atoms with van der Waals surface area (Å²) in [6.07, 6.45) is 3.15. The lowest BCUT2D eigenvalue weighted by molar-refractivity contribution is -0.153. The Labute approximate surface area is 84.0 Å². The minimum Gasteiger partial charge on any atom is -0.460 e. The van der Waals surface area contributed by atoms with Gasteiger partial charge in [0.25, 0.3) is 0 Å². The molecule has 1 rings (SSSR count). The molecule has 1 saturated heterocycles. The van der Waals surface area contributed by atoms with Crippen LogP contribution in [0, 0.1) is 5.92 Å². The lowest BCUT2D eigenvalue weighted by Gasteiger charge is -2.21. The van der Waals surface area contributed by atoms with Crippen LogP contribution in [-0.2, 0) is 14.3 Å². The predicted octanol–water partition coefficient (Wildman–Crippen LogP) is 0.508. The predicted molar refractivity (Wildman–Crippen MR) is 51.9 cm³/mol. The molecule has 0 atom stereocenters. The molecule has 1 aliphatic rings. The fourth-order valence-corrected chi connectivity index (χ4v) is 1.59. The van der Waals surface area contributed by atoms with Crippen LogP contribution in [0.1, 0.15) is 26.2 Å². The molecule has 0 radical (unpaired) electrons. The fraction of sp³-hybridized carbons (Fsp3) is 0.800. The molecule has 0 aromatic carbocycles. The number of nitrogens with one attached hydrogen (secondary N) is 1. The van der Waals surface area contributed by atoms with Crippen molar-refractivity contribution in [3.8, 4) is 0 Å². The molecule has 0 bridgehead atoms. The van der Waals surface area contributed by atoms with E-state index in [1.807, 2.05) is 0 Å². The topological polar surface area (TPSA) is 55.4 Å². The number of ketones is 1. The molecular formula is C10H17NO3. The second-order valence-electron chi connectivity index (χ2n) is 3.67. The third-order valence-electron chi connectivity index (χ3n) is 2.51. The molecule has 0 amide bonds. The number of hydrogen-bond donors (Lipinski definition) is 1. The molecule has 1 heterocycles. The van der Waals surface area contributed by atoms with Gasteiger partial charge in [-0.15, -0.1) is 0 Å². The van der Waals surface area contributed by atoms with Crippen LogP contribution in [-0.4, -0.2) is 31.4 Å². The molecule has 0 aromatic rings. The van der Waals surface area contributed by atoms with E-state index in [9.17, 15) is 9.59 Å². The number of Topliss-reactive ketones (excluding diaryl/α,β-unsaturated/α-hetero) is 1. The third-order valence-corrected chi connectivity index (χ3v) is 2.51. The third kappa shape index (κ3) is 3.87. The molecule has 0 saturated carbocycles. The highest BCUT2D eigenvalue weighted by molar-refractivity contribution is 6.32. The average Bonchev–Trinajstić information content (AvgIpc) is 2.19. The van der Waals surface area contributed by atoms with Gasteiger partial charge in [-0.25, -0.2) is 4.79 Å². The molecule has 4 nitrogen and oxygen atoms in total. The number of carbonyl (C=O) groups excluding carboxylic acids is 2. The SMILES string of the molecule is CC(=O)C(=O)OCCC1CCNCC1. The van der Waals surface area contributed by atoms with Crippen LogP contribution in [0.25, 0.3) is 0 Å². The molecule has 1 aliphatic heterocycles. The zero-order chi connectivity index (χ0) is 10.4. The standard InChI is InChI=1S/C10H17NO3/c1-8(12)10(13)14-7-4-9-2-5-11-6-3-9/h9,11H,2-7H2,1H3. The molecule has 0 aliphatic carbocycles. The Hall–Kier alpha value is -0.900. The van der Waals surface area contributed by atoms with Crippen LogP contribution in [0.5, 0.6) is 0 Å². The van der Waals surface area contributed by atoms with Crippen molar-refractivity contribution >= 4 is 11.8 Å². The average molecular weight is 199 g/mol. The van der Waals surface area contributed by atoms with Crippen molar-refractivity contribution in [1.29, 1.82) is 0 Å². The Balaban J connectivity index is 2.08. The molecule has 4 heteroatoms. The van der Waals surface area contributed by atoms with Crippen molar-refractivity contribution in [2.45, 2.75) is 26.2 Å². The Morgan fingerprint density at radius 1 is 1.36 bits per heavy atom. The molecule has 1 N–H and O–H groups in total. The van der Waals surface area contributed by atoms with E-state index < -0.39 is 11.8 Å². The van der Waals surface area contributed by atoms with Crippen molar-refractivity contribution in [1.82, 2.24) is 5.32 Å². The molecule has 0 unspecified atom stereocenters. The summed E-state index contributed by atoms with van der Waals surface area (Å²) in [7, 11) is 0. The number of carbonyl (C=O) groups is 2. The van der Waals surface area contributed by atoms with Crippen LogP contribution < -0.4 is 5.32 Å². The maximum Gasteiger partial charge on any atom is 0.374 e. The van der Waals surface area contributed by atoms with Crippen LogP contribution in [0.4, 0.5) is 0 Å². The fourth-order valence-electron chi connectivity index (χ4n) is 1.59. The van der Waals surface area contributed by atoms with Crippen molar-refractivity contribution in [3.63, 3.8) is 0 Å². The van der Waals surface area contributed by atoms with Gasteiger partial charge in [0.2, 0.25) is 5.78 Å². The summed E-state index contributed by atoms with van der Waals surface area (Å²) in [5, 5.41) is 3.27. The quantitative estimate of drug-likeness (QED) is 0.529. The molecule has 1 fully saturated rings. The number of hydrogen-bond acceptors (Lipinski definition) is 4. The zero-order valence-electron chi connectivity index (χ0n) is 8.54. The Morgan fingerprint density at radius 2 is 2.00 bits per heavy atom. The maximum atomic E-state index is 10.8. The van der Waals surface area contributed by atoms with Gasteiger partial charge < -0.3 is 10.1 Å². The lowest BCUT2D eigenvalue weighted by Crippen LogP contribution is -2.28. The maximum absolute atomic E-state index is 10.8. The summed E-state index contributed by atoms with van der Waals surface area (Å²) in [5.41, 5.74) is 0. The Bertz CT molecular complexity index is 209. The van der Waals surface area contributed by atoms with E-state index in [0.717, 1.165) is 32.4 Å². The number of piperidine rings is 1. The monoisotopic (exact) mass is 199 g/mol. The molecule has 14 heavy (non-hydrogen) atoms. The van der Waals surface area contributed by atoms with Gasteiger partial charge in [-0.05, 0) is 38.3 Å². The lowest BCUT2D eigenvalue weighted by atomic mass is 9.95. The molecule has 80 valence electrons. The van der Waals surface area contributed by atoms with Crippen LogP contribution in [0.2, 0.25) is 0 Å². The van der Waals surface area contributed by atoms with E-state index >= 15 is 0 Å². The summed E-state index contributed by atoms with van der Waals surface area (Å²) < 4.78 is 4.80. The first-order valence-corrected chi connectivity index (χ1v) is 5.08. The summed E-state index contributed by atoms with van der Waals surface area (Å²) in [6, 6.07) is 0. The minimum atomic E-state index is -0.709. The first-order chi connectivity index (χ1) is 6.70. The largest absolute Gasteiger partial charge is 0.460 e. The van der Waals surface area contributed by atoms with Crippen molar-refractivity contribution in [3.05, 3.63) is 0 Å². The number of ether oxygens (including phenoxy) is 1. The van der Waals surface area contributed by atoms with E-state index in [2.05, 4.69) is 5.32 Å². The summed E-state index contributed by atoms with van der Waals surface area (Å²) >= 11 is 0. The van der Waals surface area contributed by atoms with Gasteiger partial charge in [-0.1, -0.05) is 0 Å². The highest BCUT2D eigenvalue weighted by Crippen LogP contribution is 2.15. The van der Waals surface area contributed by atoms with Crippen molar-refractivity contribution in [2.75, 3.05) is 19.7 Å². The summed E-state index contributed by atoms with van der Waals surface area (Å²) in [4.78, 5) is 21.3. The van der Waals surface area contributed by atoms with E-state index in [0.29, 0.717) is 12.5 Å². The summed E-state index contributed by atoms with van der Waals surface area (Å²) in [6.45, 7) is 3.70. The van der Waals surface area contributed by atoms with Gasteiger partial charge in [0, 0.05) is 6.92 Å². The second kappa shape index (κ2) is 5.75. The zero-order valence-corrected chi connectivity index (χ0v) is 8.54. The number of rotatable bonds is 4. The van der Waals surface area contributed by atoms with Gasteiger partial charge in [0.15, 0.2) is 0 Å². The molecule has 0 aromatic heterocycles. The summed E-state index contributed by atoms with van der Waals surface area (Å²) in [5.74, 6) is -0.592. The van der Waals surface area contributed by atoms with E-state index in [-0.39, 0.29) is 0 Å². The number of esters is 1. The highest BCUT2D eigenvalue weighted by atomic mass is 16.5. The molecule has 0 spiro atoms. The van der Waals surface area contributed by atoms with Gasteiger partial charge >= 0.3 is 5.97 Å². The highest BCUT2D eigenvalue weighted by Gasteiger charge is 2.14. The van der Waals surface area contributed by atoms with E-state index in [1.54, 1.807) is 0 Å². The van der Waals surface area contributed by atoms with E-state index in [4.69, 9.17) is 4.74 Å².